The normalized spacial score (nSPS) is 11.8. The third kappa shape index (κ3) is 9.76. The molecule has 0 bridgehead atoms. The van der Waals surface area contributed by atoms with Crippen LogP contribution in [0.15, 0.2) is 82.9 Å². The van der Waals surface area contributed by atoms with E-state index in [0.29, 0.717) is 11.1 Å². The van der Waals surface area contributed by atoms with E-state index in [9.17, 15) is 36.0 Å². The molecule has 47 heavy (non-hydrogen) atoms. The van der Waals surface area contributed by atoms with Gasteiger partial charge in [-0.3, -0.25) is 9.59 Å². The van der Waals surface area contributed by atoms with Crippen LogP contribution in [0.1, 0.15) is 25.0 Å². The molecule has 0 saturated heterocycles. The number of hydrogen-bond acceptors (Lipinski definition) is 11. The molecular weight excluding hydrogens is 663 g/mol. The fourth-order valence-corrected chi connectivity index (χ4v) is 5.22. The number of nitrogens with zero attached hydrogens (tertiary/aromatic N) is 3. The Morgan fingerprint density at radius 2 is 1.55 bits per heavy atom. The van der Waals surface area contributed by atoms with Gasteiger partial charge in [-0.2, -0.15) is 13.2 Å². The van der Waals surface area contributed by atoms with E-state index < -0.39 is 39.5 Å². The molecule has 3 aromatic carbocycles. The minimum atomic E-state index is -4.53. The molecule has 246 valence electrons. The summed E-state index contributed by atoms with van der Waals surface area (Å²) >= 11 is 1.12. The van der Waals surface area contributed by atoms with Crippen molar-refractivity contribution in [2.75, 3.05) is 18.6 Å². The molecule has 0 N–H and O–H groups in total. The Kier molecular flexibility index (Phi) is 10.9. The number of esters is 3. The van der Waals surface area contributed by atoms with Crippen molar-refractivity contribution in [3.05, 3.63) is 83.9 Å². The van der Waals surface area contributed by atoms with Crippen LogP contribution in [0.4, 0.5) is 13.2 Å². The maximum Gasteiger partial charge on any atom is 0.416 e. The molecule has 0 saturated carbocycles. The third-order valence-corrected chi connectivity index (χ3v) is 7.94. The summed E-state index contributed by atoms with van der Waals surface area (Å²) in [7, 11) is -3.47. The standard InChI is InChI=1S/C31H26F3N3O8S2/c1-19(38)44-26-14-4-21(18-27(26)45-20(2)39)5-15-28(40)43-16-17-46-30-35-29(22-6-12-25(13-7-22)47(3,41)42)37(36-30)24-10-8-23(9-11-24)31(32,33)34/h4-15,18H,16-17H2,1-3H3/b15-5+. The second-order valence-corrected chi connectivity index (χ2v) is 12.8. The first-order chi connectivity index (χ1) is 22.1. The summed E-state index contributed by atoms with van der Waals surface area (Å²) in [5.74, 6) is -1.42. The summed E-state index contributed by atoms with van der Waals surface area (Å²) < 4.78 is 79.8. The lowest BCUT2D eigenvalue weighted by Gasteiger charge is -2.09. The van der Waals surface area contributed by atoms with E-state index in [4.69, 9.17) is 14.2 Å². The van der Waals surface area contributed by atoms with Crippen molar-refractivity contribution >= 4 is 45.6 Å². The topological polar surface area (TPSA) is 144 Å². The van der Waals surface area contributed by atoms with Gasteiger partial charge in [-0.15, -0.1) is 5.10 Å². The van der Waals surface area contributed by atoms with Gasteiger partial charge in [0.15, 0.2) is 27.2 Å². The SMILES string of the molecule is CC(=O)Oc1ccc(/C=C/C(=O)OCCSc2nc(-c3ccc(S(C)(=O)=O)cc3)n(-c3ccc(C(F)(F)F)cc3)n2)cc1OC(C)=O. The lowest BCUT2D eigenvalue weighted by molar-refractivity contribution is -0.138. The number of halogens is 3. The highest BCUT2D eigenvalue weighted by atomic mass is 32.2. The first-order valence-corrected chi connectivity index (χ1v) is 16.4. The van der Waals surface area contributed by atoms with Crippen molar-refractivity contribution in [2.24, 2.45) is 0 Å². The van der Waals surface area contributed by atoms with Gasteiger partial charge in [-0.25, -0.2) is 22.9 Å². The van der Waals surface area contributed by atoms with Gasteiger partial charge in [-0.05, 0) is 72.3 Å². The lowest BCUT2D eigenvalue weighted by atomic mass is 10.2. The largest absolute Gasteiger partial charge is 0.462 e. The Bertz CT molecular complexity index is 1920. The molecule has 0 aliphatic rings. The number of carbonyl (C=O) groups is 3. The predicted octanol–water partition coefficient (Wildman–Crippen LogP) is 5.56. The third-order valence-electron chi connectivity index (χ3n) is 6.01. The fraction of sp³-hybridized carbons (Fsp3) is 0.194. The summed E-state index contributed by atoms with van der Waals surface area (Å²) in [5, 5.41) is 4.64. The van der Waals surface area contributed by atoms with E-state index in [-0.39, 0.29) is 45.4 Å². The number of ether oxygens (including phenoxy) is 3. The van der Waals surface area contributed by atoms with Crippen molar-refractivity contribution < 1.29 is 50.2 Å². The first kappa shape index (κ1) is 34.9. The molecule has 0 unspecified atom stereocenters. The summed E-state index contributed by atoms with van der Waals surface area (Å²) in [6.45, 7) is 2.33. The van der Waals surface area contributed by atoms with Crippen molar-refractivity contribution in [1.82, 2.24) is 14.8 Å². The molecule has 0 amide bonds. The minimum Gasteiger partial charge on any atom is -0.462 e. The van der Waals surface area contributed by atoms with Gasteiger partial charge in [0.1, 0.15) is 6.61 Å². The molecule has 0 fully saturated rings. The first-order valence-electron chi connectivity index (χ1n) is 13.5. The van der Waals surface area contributed by atoms with Gasteiger partial charge in [0.05, 0.1) is 16.1 Å². The van der Waals surface area contributed by atoms with Crippen molar-refractivity contribution in [3.63, 3.8) is 0 Å². The predicted molar refractivity (Wildman–Crippen MR) is 165 cm³/mol. The molecule has 0 radical (unpaired) electrons. The van der Waals surface area contributed by atoms with Crippen LogP contribution in [0.25, 0.3) is 23.2 Å². The molecular formula is C31H26F3N3O8S2. The molecule has 4 rings (SSSR count). The van der Waals surface area contributed by atoms with E-state index in [1.165, 1.54) is 79.2 Å². The zero-order chi connectivity index (χ0) is 34.4. The van der Waals surface area contributed by atoms with Gasteiger partial charge >= 0.3 is 24.1 Å². The summed E-state index contributed by atoms with van der Waals surface area (Å²) in [6, 6.07) is 14.5. The Balaban J connectivity index is 1.45. The molecule has 0 atom stereocenters. The molecule has 1 heterocycles. The average Bonchev–Trinajstić information content (AvgIpc) is 3.42. The van der Waals surface area contributed by atoms with Crippen molar-refractivity contribution in [3.8, 4) is 28.6 Å². The Hall–Kier alpha value is -4.96. The highest BCUT2D eigenvalue weighted by molar-refractivity contribution is 7.99. The van der Waals surface area contributed by atoms with Gasteiger partial charge in [0, 0.05) is 37.5 Å². The van der Waals surface area contributed by atoms with Crippen LogP contribution in [0, 0.1) is 0 Å². The van der Waals surface area contributed by atoms with Gasteiger partial charge in [0.25, 0.3) is 0 Å². The number of rotatable bonds is 11. The number of benzene rings is 3. The number of carbonyl (C=O) groups excluding carboxylic acids is 3. The smallest absolute Gasteiger partial charge is 0.416 e. The summed E-state index contributed by atoms with van der Waals surface area (Å²) in [5.41, 5.74) is 0.369. The van der Waals surface area contributed by atoms with Crippen LogP contribution in [-0.2, 0) is 35.1 Å². The van der Waals surface area contributed by atoms with E-state index in [1.807, 2.05) is 0 Å². The second kappa shape index (κ2) is 14.6. The maximum absolute atomic E-state index is 13.1. The molecule has 11 nitrogen and oxygen atoms in total. The fourth-order valence-electron chi connectivity index (χ4n) is 3.95. The molecule has 0 spiro atoms. The summed E-state index contributed by atoms with van der Waals surface area (Å²) in [6.07, 6.45) is -0.898. The van der Waals surface area contributed by atoms with Crippen LogP contribution < -0.4 is 9.47 Å². The van der Waals surface area contributed by atoms with Crippen LogP contribution in [0.5, 0.6) is 11.5 Å². The van der Waals surface area contributed by atoms with Crippen LogP contribution in [0.3, 0.4) is 0 Å². The quantitative estimate of drug-likeness (QED) is 0.0642. The van der Waals surface area contributed by atoms with Gasteiger partial charge in [-0.1, -0.05) is 17.8 Å². The molecule has 4 aromatic rings. The van der Waals surface area contributed by atoms with E-state index >= 15 is 0 Å². The van der Waals surface area contributed by atoms with E-state index in [2.05, 4.69) is 10.1 Å². The highest BCUT2D eigenvalue weighted by Crippen LogP contribution is 2.32. The van der Waals surface area contributed by atoms with Crippen LogP contribution in [-0.4, -0.2) is 59.7 Å². The Labute approximate surface area is 271 Å². The second-order valence-electron chi connectivity index (χ2n) is 9.71. The Morgan fingerprint density at radius 3 is 2.15 bits per heavy atom. The zero-order valence-corrected chi connectivity index (χ0v) is 26.6. The minimum absolute atomic E-state index is 0.00596. The molecule has 0 aliphatic heterocycles. The van der Waals surface area contributed by atoms with E-state index in [1.54, 1.807) is 0 Å². The number of alkyl halides is 3. The van der Waals surface area contributed by atoms with Crippen LogP contribution in [0.2, 0.25) is 0 Å². The zero-order valence-electron chi connectivity index (χ0n) is 25.0. The maximum atomic E-state index is 13.1. The van der Waals surface area contributed by atoms with E-state index in [0.717, 1.165) is 36.2 Å². The highest BCUT2D eigenvalue weighted by Gasteiger charge is 2.30. The number of aromatic nitrogens is 3. The molecule has 16 heteroatoms. The van der Waals surface area contributed by atoms with Gasteiger partial charge in [0.2, 0.25) is 5.16 Å². The van der Waals surface area contributed by atoms with Crippen molar-refractivity contribution in [2.45, 2.75) is 30.1 Å². The summed E-state index contributed by atoms with van der Waals surface area (Å²) in [4.78, 5) is 39.6. The van der Waals surface area contributed by atoms with Crippen molar-refractivity contribution in [1.29, 1.82) is 0 Å². The number of thioether (sulfide) groups is 1. The Morgan fingerprint density at radius 1 is 0.915 bits per heavy atom. The monoisotopic (exact) mass is 689 g/mol. The molecule has 1 aromatic heterocycles. The number of hydrogen-bond donors (Lipinski definition) is 0. The van der Waals surface area contributed by atoms with Crippen LogP contribution >= 0.6 is 11.8 Å². The number of sulfone groups is 1. The van der Waals surface area contributed by atoms with Gasteiger partial charge < -0.3 is 14.2 Å². The molecule has 0 aliphatic carbocycles. The lowest BCUT2D eigenvalue weighted by Crippen LogP contribution is -2.07. The average molecular weight is 690 g/mol.